The Morgan fingerprint density at radius 3 is 2.40 bits per heavy atom. The molecule has 6 nitrogen and oxygen atoms in total. The second-order valence-electron chi connectivity index (χ2n) is 6.37. The number of carbonyl (C=O) groups excluding carboxylic acids is 3. The molecule has 1 saturated carbocycles. The number of nitrogens with one attached hydrogen (secondary N) is 1. The van der Waals surface area contributed by atoms with Crippen molar-refractivity contribution < 1.29 is 14.4 Å². The van der Waals surface area contributed by atoms with Crippen molar-refractivity contribution in [3.63, 3.8) is 0 Å². The number of piperazine rings is 1. The maximum absolute atomic E-state index is 12.9. The first kappa shape index (κ1) is 15.0. The number of amides is 3. The van der Waals surface area contributed by atoms with Gasteiger partial charge < -0.3 is 10.6 Å². The number of carbonyl (C=O) groups is 3. The molecular weight excluding hydrogens is 258 g/mol. The first-order valence-corrected chi connectivity index (χ1v) is 7.20. The molecule has 0 aromatic rings. The lowest BCUT2D eigenvalue weighted by atomic mass is 9.72. The zero-order valence-corrected chi connectivity index (χ0v) is 12.2. The van der Waals surface area contributed by atoms with E-state index in [1.165, 1.54) is 4.90 Å². The van der Waals surface area contributed by atoms with Crippen LogP contribution in [0.3, 0.4) is 0 Å². The Balaban J connectivity index is 2.30. The third kappa shape index (κ3) is 2.32. The average molecular weight is 281 g/mol. The van der Waals surface area contributed by atoms with Gasteiger partial charge in [0.1, 0.15) is 12.1 Å². The van der Waals surface area contributed by atoms with E-state index in [9.17, 15) is 14.4 Å². The number of nitrogens with two attached hydrogens (primary N) is 1. The zero-order chi connectivity index (χ0) is 15.0. The fourth-order valence-electron chi connectivity index (χ4n) is 3.13. The minimum absolute atomic E-state index is 0.0701. The molecular formula is C14H23N3O3. The molecule has 3 N–H and O–H groups in total. The van der Waals surface area contributed by atoms with Crippen molar-refractivity contribution >= 4 is 17.7 Å². The van der Waals surface area contributed by atoms with Gasteiger partial charge in [0.2, 0.25) is 11.8 Å². The normalized spacial score (nSPS) is 25.2. The third-order valence-corrected chi connectivity index (χ3v) is 4.69. The van der Waals surface area contributed by atoms with Gasteiger partial charge in [0.15, 0.2) is 0 Å². The predicted octanol–water partition coefficient (Wildman–Crippen LogP) is 0.159. The van der Waals surface area contributed by atoms with E-state index in [-0.39, 0.29) is 19.0 Å². The van der Waals surface area contributed by atoms with Gasteiger partial charge in [0.05, 0.1) is 5.41 Å². The first-order valence-electron chi connectivity index (χ1n) is 7.20. The van der Waals surface area contributed by atoms with Gasteiger partial charge >= 0.3 is 0 Å². The van der Waals surface area contributed by atoms with Crippen molar-refractivity contribution in [2.24, 2.45) is 11.1 Å². The van der Waals surface area contributed by atoms with Crippen LogP contribution in [0.2, 0.25) is 0 Å². The van der Waals surface area contributed by atoms with Crippen LogP contribution in [0.1, 0.15) is 46.0 Å². The molecule has 0 bridgehead atoms. The summed E-state index contributed by atoms with van der Waals surface area (Å²) in [6.45, 7) is 3.53. The fourth-order valence-corrected chi connectivity index (χ4v) is 3.13. The Morgan fingerprint density at radius 2 is 1.85 bits per heavy atom. The summed E-state index contributed by atoms with van der Waals surface area (Å²) in [6.07, 6.45) is 4.53. The molecule has 0 aromatic heterocycles. The van der Waals surface area contributed by atoms with Crippen molar-refractivity contribution in [2.45, 2.75) is 51.5 Å². The maximum atomic E-state index is 12.9. The van der Waals surface area contributed by atoms with Crippen LogP contribution in [0.15, 0.2) is 0 Å². The smallest absolute Gasteiger partial charge is 0.252 e. The predicted molar refractivity (Wildman–Crippen MR) is 73.5 cm³/mol. The lowest BCUT2D eigenvalue weighted by molar-refractivity contribution is -0.162. The Hall–Kier alpha value is -1.43. The van der Waals surface area contributed by atoms with Gasteiger partial charge in [-0.3, -0.25) is 19.7 Å². The molecule has 6 heteroatoms. The molecule has 20 heavy (non-hydrogen) atoms. The molecule has 2 aliphatic rings. The molecule has 0 spiro atoms. The highest BCUT2D eigenvalue weighted by Crippen LogP contribution is 2.39. The maximum Gasteiger partial charge on any atom is 0.252 e. The highest BCUT2D eigenvalue weighted by molar-refractivity contribution is 6.06. The van der Waals surface area contributed by atoms with Crippen molar-refractivity contribution in [2.75, 3.05) is 13.1 Å². The molecule has 2 fully saturated rings. The number of hydrogen-bond donors (Lipinski definition) is 2. The number of rotatable bonds is 2. The second-order valence-corrected chi connectivity index (χ2v) is 6.37. The van der Waals surface area contributed by atoms with Crippen LogP contribution < -0.4 is 11.1 Å². The minimum atomic E-state index is -1.01. The van der Waals surface area contributed by atoms with Crippen LogP contribution in [0.5, 0.6) is 0 Å². The van der Waals surface area contributed by atoms with Gasteiger partial charge in [-0.1, -0.05) is 19.3 Å². The standard InChI is InChI=1S/C14H23N3O3/c1-13(2)11(19)16-10(18)8-17(13)12(20)14(9-15)6-4-3-5-7-14/h3-9,15H2,1-2H3,(H,16,18,19). The van der Waals surface area contributed by atoms with Crippen molar-refractivity contribution in [3.8, 4) is 0 Å². The van der Waals surface area contributed by atoms with Crippen LogP contribution >= 0.6 is 0 Å². The van der Waals surface area contributed by atoms with Crippen molar-refractivity contribution in [3.05, 3.63) is 0 Å². The highest BCUT2D eigenvalue weighted by atomic mass is 16.2. The van der Waals surface area contributed by atoms with Crippen LogP contribution in [0.4, 0.5) is 0 Å². The summed E-state index contributed by atoms with van der Waals surface area (Å²) in [6, 6.07) is 0. The monoisotopic (exact) mass is 281 g/mol. The first-order chi connectivity index (χ1) is 9.33. The molecule has 0 unspecified atom stereocenters. The highest BCUT2D eigenvalue weighted by Gasteiger charge is 2.50. The largest absolute Gasteiger partial charge is 0.329 e. The molecule has 1 aliphatic carbocycles. The van der Waals surface area contributed by atoms with E-state index in [4.69, 9.17) is 5.73 Å². The van der Waals surface area contributed by atoms with Crippen LogP contribution in [-0.2, 0) is 14.4 Å². The SMILES string of the molecule is CC1(C)C(=O)NC(=O)CN1C(=O)C1(CN)CCCCC1. The van der Waals surface area contributed by atoms with E-state index in [0.717, 1.165) is 32.1 Å². The molecule has 3 amide bonds. The third-order valence-electron chi connectivity index (χ3n) is 4.69. The Morgan fingerprint density at radius 1 is 1.25 bits per heavy atom. The quantitative estimate of drug-likeness (QED) is 0.705. The molecule has 0 radical (unpaired) electrons. The molecule has 112 valence electrons. The molecule has 0 atom stereocenters. The molecule has 0 aromatic carbocycles. The minimum Gasteiger partial charge on any atom is -0.329 e. The van der Waals surface area contributed by atoms with E-state index >= 15 is 0 Å². The molecule has 2 rings (SSSR count). The van der Waals surface area contributed by atoms with E-state index < -0.39 is 22.8 Å². The fraction of sp³-hybridized carbons (Fsp3) is 0.786. The number of hydrogen-bond acceptors (Lipinski definition) is 4. The van der Waals surface area contributed by atoms with E-state index in [2.05, 4.69) is 5.32 Å². The Bertz CT molecular complexity index is 439. The van der Waals surface area contributed by atoms with Gasteiger partial charge in [-0.25, -0.2) is 0 Å². The van der Waals surface area contributed by atoms with Crippen molar-refractivity contribution in [1.29, 1.82) is 0 Å². The molecule has 1 saturated heterocycles. The van der Waals surface area contributed by atoms with Crippen molar-refractivity contribution in [1.82, 2.24) is 10.2 Å². The number of nitrogens with zero attached hydrogens (tertiary/aromatic N) is 1. The van der Waals surface area contributed by atoms with E-state index in [1.54, 1.807) is 13.8 Å². The van der Waals surface area contributed by atoms with Gasteiger partial charge in [-0.2, -0.15) is 0 Å². The van der Waals surface area contributed by atoms with Gasteiger partial charge in [-0.15, -0.1) is 0 Å². The summed E-state index contributed by atoms with van der Waals surface area (Å²) < 4.78 is 0. The van der Waals surface area contributed by atoms with E-state index in [1.807, 2.05) is 0 Å². The zero-order valence-electron chi connectivity index (χ0n) is 12.2. The van der Waals surface area contributed by atoms with E-state index in [0.29, 0.717) is 0 Å². The molecule has 1 heterocycles. The lowest BCUT2D eigenvalue weighted by Crippen LogP contribution is -2.68. The van der Waals surface area contributed by atoms with Gasteiger partial charge in [-0.05, 0) is 26.7 Å². The summed E-state index contributed by atoms with van der Waals surface area (Å²) in [5, 5.41) is 2.28. The Kier molecular flexibility index (Phi) is 3.86. The Labute approximate surface area is 119 Å². The average Bonchev–Trinajstić information content (AvgIpc) is 2.43. The summed E-state index contributed by atoms with van der Waals surface area (Å²) in [5.41, 5.74) is 4.26. The summed E-state index contributed by atoms with van der Waals surface area (Å²) >= 11 is 0. The van der Waals surface area contributed by atoms with Gasteiger partial charge in [0.25, 0.3) is 5.91 Å². The van der Waals surface area contributed by atoms with Crippen LogP contribution in [-0.4, -0.2) is 41.2 Å². The number of imide groups is 1. The summed E-state index contributed by atoms with van der Waals surface area (Å²) in [7, 11) is 0. The summed E-state index contributed by atoms with van der Waals surface area (Å²) in [4.78, 5) is 37.9. The van der Waals surface area contributed by atoms with Gasteiger partial charge in [0, 0.05) is 6.54 Å². The molecule has 1 aliphatic heterocycles. The lowest BCUT2D eigenvalue weighted by Gasteiger charge is -2.46. The van der Waals surface area contributed by atoms with Crippen LogP contribution in [0.25, 0.3) is 0 Å². The van der Waals surface area contributed by atoms with Crippen LogP contribution in [0, 0.1) is 5.41 Å². The second kappa shape index (κ2) is 5.16. The summed E-state index contributed by atoms with van der Waals surface area (Å²) in [5.74, 6) is -0.997. The topological polar surface area (TPSA) is 92.5 Å².